The Labute approximate surface area is 172 Å². The van der Waals surface area contributed by atoms with Gasteiger partial charge >= 0.3 is 0 Å². The maximum atomic E-state index is 5.88. The van der Waals surface area contributed by atoms with Gasteiger partial charge in [0.25, 0.3) is 0 Å². The van der Waals surface area contributed by atoms with Crippen LogP contribution in [0, 0.1) is 0 Å². The molecule has 0 unspecified atom stereocenters. The van der Waals surface area contributed by atoms with Gasteiger partial charge in [0.1, 0.15) is 15.8 Å². The molecule has 0 radical (unpaired) electrons. The minimum absolute atomic E-state index is 0.797. The SMILES string of the molecule is CCCCCCCCCCOc1ccc(-c2nnc(-c3ccccc3)s2)cc1. The van der Waals surface area contributed by atoms with Crippen LogP contribution < -0.4 is 4.74 Å². The number of hydrogen-bond acceptors (Lipinski definition) is 4. The molecule has 0 aliphatic carbocycles. The molecule has 1 aromatic heterocycles. The highest BCUT2D eigenvalue weighted by Crippen LogP contribution is 2.30. The maximum absolute atomic E-state index is 5.88. The first-order valence-corrected chi connectivity index (χ1v) is 11.3. The van der Waals surface area contributed by atoms with Crippen molar-refractivity contribution in [3.8, 4) is 26.9 Å². The van der Waals surface area contributed by atoms with E-state index in [0.717, 1.165) is 39.9 Å². The lowest BCUT2D eigenvalue weighted by molar-refractivity contribution is 0.304. The molecule has 28 heavy (non-hydrogen) atoms. The van der Waals surface area contributed by atoms with Crippen LogP contribution in [-0.2, 0) is 0 Å². The molecular formula is C24H30N2OS. The lowest BCUT2D eigenvalue weighted by Crippen LogP contribution is -1.97. The molecule has 3 aromatic rings. The van der Waals surface area contributed by atoms with Crippen LogP contribution in [0.25, 0.3) is 21.1 Å². The molecule has 0 amide bonds. The molecule has 3 rings (SSSR count). The van der Waals surface area contributed by atoms with E-state index in [1.54, 1.807) is 11.3 Å². The molecule has 0 bridgehead atoms. The van der Waals surface area contributed by atoms with Crippen LogP contribution in [0.2, 0.25) is 0 Å². The summed E-state index contributed by atoms with van der Waals surface area (Å²) in [5.74, 6) is 0.930. The fourth-order valence-electron chi connectivity index (χ4n) is 3.16. The molecular weight excluding hydrogens is 364 g/mol. The normalized spacial score (nSPS) is 10.9. The Balaban J connectivity index is 1.40. The van der Waals surface area contributed by atoms with Gasteiger partial charge in [-0.25, -0.2) is 0 Å². The second-order valence-corrected chi connectivity index (χ2v) is 8.10. The summed E-state index contributed by atoms with van der Waals surface area (Å²) >= 11 is 1.62. The van der Waals surface area contributed by atoms with Crippen molar-refractivity contribution in [2.24, 2.45) is 0 Å². The van der Waals surface area contributed by atoms with Crippen molar-refractivity contribution in [2.45, 2.75) is 58.3 Å². The molecule has 0 spiro atoms. The topological polar surface area (TPSA) is 35.0 Å². The third-order valence-electron chi connectivity index (χ3n) is 4.81. The summed E-state index contributed by atoms with van der Waals surface area (Å²) in [4.78, 5) is 0. The van der Waals surface area contributed by atoms with Gasteiger partial charge in [-0.1, -0.05) is 93.5 Å². The van der Waals surface area contributed by atoms with Gasteiger partial charge in [-0.2, -0.15) is 0 Å². The zero-order chi connectivity index (χ0) is 19.4. The number of aromatic nitrogens is 2. The number of hydrogen-bond donors (Lipinski definition) is 0. The molecule has 0 saturated heterocycles. The summed E-state index contributed by atoms with van der Waals surface area (Å²) in [6.07, 6.45) is 10.6. The molecule has 3 nitrogen and oxygen atoms in total. The molecule has 2 aromatic carbocycles. The van der Waals surface area contributed by atoms with Gasteiger partial charge in [0, 0.05) is 11.1 Å². The third kappa shape index (κ3) is 6.45. The van der Waals surface area contributed by atoms with E-state index in [9.17, 15) is 0 Å². The highest BCUT2D eigenvalue weighted by atomic mass is 32.1. The summed E-state index contributed by atoms with van der Waals surface area (Å²) in [7, 11) is 0. The van der Waals surface area contributed by atoms with E-state index in [4.69, 9.17) is 4.74 Å². The fraction of sp³-hybridized carbons (Fsp3) is 0.417. The summed E-state index contributed by atoms with van der Waals surface area (Å²) in [5.41, 5.74) is 2.19. The molecule has 0 aliphatic heterocycles. The first kappa shape index (κ1) is 20.5. The largest absolute Gasteiger partial charge is 0.494 e. The molecule has 0 N–H and O–H groups in total. The molecule has 0 saturated carbocycles. The average molecular weight is 395 g/mol. The number of nitrogens with zero attached hydrogens (tertiary/aromatic N) is 2. The Morgan fingerprint density at radius 3 is 1.89 bits per heavy atom. The minimum atomic E-state index is 0.797. The van der Waals surface area contributed by atoms with E-state index in [-0.39, 0.29) is 0 Å². The minimum Gasteiger partial charge on any atom is -0.494 e. The average Bonchev–Trinajstić information content (AvgIpc) is 3.24. The predicted molar refractivity (Wildman–Crippen MR) is 119 cm³/mol. The molecule has 1 heterocycles. The van der Waals surface area contributed by atoms with Crippen LogP contribution in [0.4, 0.5) is 0 Å². The zero-order valence-electron chi connectivity index (χ0n) is 16.8. The van der Waals surface area contributed by atoms with Gasteiger partial charge in [-0.3, -0.25) is 0 Å². The Bertz CT molecular complexity index is 799. The summed E-state index contributed by atoms with van der Waals surface area (Å²) in [5, 5.41) is 10.6. The Morgan fingerprint density at radius 1 is 0.679 bits per heavy atom. The zero-order valence-corrected chi connectivity index (χ0v) is 17.6. The quantitative estimate of drug-likeness (QED) is 0.300. The second-order valence-electron chi connectivity index (χ2n) is 7.13. The standard InChI is InChI=1S/C24H30N2OS/c1-2-3-4-5-6-7-8-12-19-27-22-17-15-21(16-18-22)24-26-25-23(28-24)20-13-10-9-11-14-20/h9-11,13-18H,2-8,12,19H2,1H3. The van der Waals surface area contributed by atoms with Crippen molar-refractivity contribution in [1.82, 2.24) is 10.2 Å². The lowest BCUT2D eigenvalue weighted by atomic mass is 10.1. The monoisotopic (exact) mass is 394 g/mol. The Morgan fingerprint density at radius 2 is 1.25 bits per heavy atom. The van der Waals surface area contributed by atoms with E-state index in [0.29, 0.717) is 0 Å². The van der Waals surface area contributed by atoms with E-state index in [1.165, 1.54) is 44.9 Å². The molecule has 4 heteroatoms. The van der Waals surface area contributed by atoms with Gasteiger partial charge in [0.15, 0.2) is 0 Å². The van der Waals surface area contributed by atoms with Crippen LogP contribution in [-0.4, -0.2) is 16.8 Å². The third-order valence-corrected chi connectivity index (χ3v) is 5.84. The highest BCUT2D eigenvalue weighted by Gasteiger charge is 2.08. The van der Waals surface area contributed by atoms with E-state index >= 15 is 0 Å². The van der Waals surface area contributed by atoms with Crippen molar-refractivity contribution < 1.29 is 4.74 Å². The number of rotatable bonds is 12. The van der Waals surface area contributed by atoms with Crippen LogP contribution in [0.15, 0.2) is 54.6 Å². The van der Waals surface area contributed by atoms with Crippen LogP contribution >= 0.6 is 11.3 Å². The maximum Gasteiger partial charge on any atom is 0.148 e. The first-order valence-electron chi connectivity index (χ1n) is 10.5. The van der Waals surface area contributed by atoms with Crippen LogP contribution in [0.3, 0.4) is 0 Å². The Hall–Kier alpha value is -2.20. The van der Waals surface area contributed by atoms with Crippen LogP contribution in [0.1, 0.15) is 58.3 Å². The number of benzene rings is 2. The van der Waals surface area contributed by atoms with Gasteiger partial charge in [-0.15, -0.1) is 10.2 Å². The van der Waals surface area contributed by atoms with Gasteiger partial charge < -0.3 is 4.74 Å². The highest BCUT2D eigenvalue weighted by molar-refractivity contribution is 7.17. The Kier molecular flexibility index (Phi) is 8.51. The lowest BCUT2D eigenvalue weighted by Gasteiger charge is -2.06. The summed E-state index contributed by atoms with van der Waals surface area (Å²) in [6.45, 7) is 3.06. The molecule has 0 aliphatic rings. The van der Waals surface area contributed by atoms with Gasteiger partial charge in [-0.05, 0) is 30.7 Å². The predicted octanol–water partition coefficient (Wildman–Crippen LogP) is 7.39. The van der Waals surface area contributed by atoms with Crippen molar-refractivity contribution in [1.29, 1.82) is 0 Å². The van der Waals surface area contributed by atoms with E-state index in [1.807, 2.05) is 30.3 Å². The number of unbranched alkanes of at least 4 members (excludes halogenated alkanes) is 7. The smallest absolute Gasteiger partial charge is 0.148 e. The van der Waals surface area contributed by atoms with Gasteiger partial charge in [0.05, 0.1) is 6.61 Å². The molecule has 148 valence electrons. The van der Waals surface area contributed by atoms with Crippen molar-refractivity contribution in [2.75, 3.05) is 6.61 Å². The fourth-order valence-corrected chi connectivity index (χ4v) is 4.01. The molecule has 0 fully saturated rings. The van der Waals surface area contributed by atoms with Crippen LogP contribution in [0.5, 0.6) is 5.75 Å². The summed E-state index contributed by atoms with van der Waals surface area (Å²) in [6, 6.07) is 18.4. The van der Waals surface area contributed by atoms with E-state index in [2.05, 4.69) is 41.4 Å². The molecule has 0 atom stereocenters. The summed E-state index contributed by atoms with van der Waals surface area (Å²) < 4.78 is 5.88. The first-order chi connectivity index (χ1) is 13.9. The van der Waals surface area contributed by atoms with Crippen molar-refractivity contribution >= 4 is 11.3 Å². The van der Waals surface area contributed by atoms with E-state index < -0.39 is 0 Å². The van der Waals surface area contributed by atoms with Gasteiger partial charge in [0.2, 0.25) is 0 Å². The second kappa shape index (κ2) is 11.6. The van der Waals surface area contributed by atoms with Crippen molar-refractivity contribution in [3.63, 3.8) is 0 Å². The number of ether oxygens (including phenoxy) is 1. The van der Waals surface area contributed by atoms with Crippen molar-refractivity contribution in [3.05, 3.63) is 54.6 Å².